The number of hydrogen-bond donors (Lipinski definition) is 2. The summed E-state index contributed by atoms with van der Waals surface area (Å²) in [7, 11) is 0. The molecule has 0 radical (unpaired) electrons. The van der Waals surface area contributed by atoms with Crippen molar-refractivity contribution < 1.29 is 4.79 Å². The average molecular weight is 453 g/mol. The number of nitrogens with one attached hydrogen (secondary N) is 2. The fraction of sp³-hybridized carbons (Fsp3) is 0.118. The minimum Gasteiger partial charge on any atom is -0.359 e. The largest absolute Gasteiger partial charge is 0.359 e. The van der Waals surface area contributed by atoms with Gasteiger partial charge in [-0.15, -0.1) is 0 Å². The summed E-state index contributed by atoms with van der Waals surface area (Å²) in [4.78, 5) is 16.9. The second kappa shape index (κ2) is 6.57. The third-order valence-corrected chi connectivity index (χ3v) is 4.95. The van der Waals surface area contributed by atoms with Crippen molar-refractivity contribution in [2.24, 2.45) is 0 Å². The maximum absolute atomic E-state index is 12.6. The SMILES string of the molecule is Cc1cc(Cl)cc2c1NC(c1cc(Br)nn1-c1ncccc1Cl)NC2=O. The maximum atomic E-state index is 12.6. The Balaban J connectivity index is 1.81. The van der Waals surface area contributed by atoms with Gasteiger partial charge in [-0.05, 0) is 58.7 Å². The lowest BCUT2D eigenvalue weighted by molar-refractivity contribution is 0.0934. The van der Waals surface area contributed by atoms with Crippen molar-refractivity contribution >= 4 is 50.7 Å². The first-order valence-electron chi connectivity index (χ1n) is 7.68. The molecular formula is C17H12BrCl2N5O. The van der Waals surface area contributed by atoms with E-state index in [4.69, 9.17) is 23.2 Å². The predicted molar refractivity (Wildman–Crippen MR) is 104 cm³/mol. The number of anilines is 1. The van der Waals surface area contributed by atoms with Gasteiger partial charge in [-0.1, -0.05) is 23.2 Å². The smallest absolute Gasteiger partial charge is 0.255 e. The van der Waals surface area contributed by atoms with Crippen LogP contribution in [-0.4, -0.2) is 20.7 Å². The molecule has 132 valence electrons. The fourth-order valence-electron chi connectivity index (χ4n) is 2.92. The van der Waals surface area contributed by atoms with Gasteiger partial charge >= 0.3 is 0 Å². The zero-order valence-corrected chi connectivity index (χ0v) is 16.5. The Bertz CT molecular complexity index is 1040. The van der Waals surface area contributed by atoms with Gasteiger partial charge in [0.25, 0.3) is 5.91 Å². The summed E-state index contributed by atoms with van der Waals surface area (Å²) in [5.41, 5.74) is 2.81. The summed E-state index contributed by atoms with van der Waals surface area (Å²) in [6.07, 6.45) is 1.13. The van der Waals surface area contributed by atoms with Gasteiger partial charge in [-0.3, -0.25) is 4.79 Å². The fourth-order valence-corrected chi connectivity index (χ4v) is 3.79. The van der Waals surface area contributed by atoms with Crippen LogP contribution in [0.3, 0.4) is 0 Å². The molecule has 1 aliphatic heterocycles. The molecule has 0 bridgehead atoms. The Morgan fingerprint density at radius 1 is 1.23 bits per heavy atom. The van der Waals surface area contributed by atoms with Crippen molar-refractivity contribution in [3.63, 3.8) is 0 Å². The number of carbonyl (C=O) groups excluding carboxylic acids is 1. The quantitative estimate of drug-likeness (QED) is 0.600. The van der Waals surface area contributed by atoms with Crippen molar-refractivity contribution in [2.75, 3.05) is 5.32 Å². The van der Waals surface area contributed by atoms with Crippen molar-refractivity contribution in [2.45, 2.75) is 13.1 Å². The van der Waals surface area contributed by atoms with E-state index in [0.29, 0.717) is 31.7 Å². The molecule has 1 aliphatic rings. The van der Waals surface area contributed by atoms with E-state index in [1.54, 1.807) is 35.1 Å². The number of pyridine rings is 1. The number of nitrogens with zero attached hydrogens (tertiary/aromatic N) is 3. The number of benzene rings is 1. The Morgan fingerprint density at radius 2 is 2.04 bits per heavy atom. The second-order valence-corrected chi connectivity index (χ2v) is 7.46. The highest BCUT2D eigenvalue weighted by Crippen LogP contribution is 2.33. The molecule has 0 aliphatic carbocycles. The van der Waals surface area contributed by atoms with E-state index in [1.807, 2.05) is 13.0 Å². The van der Waals surface area contributed by atoms with Gasteiger partial charge < -0.3 is 10.6 Å². The third kappa shape index (κ3) is 2.96. The van der Waals surface area contributed by atoms with Crippen LogP contribution in [0.1, 0.15) is 27.8 Å². The standard InChI is InChI=1S/C17H12BrCl2N5O/c1-8-5-9(19)6-10-14(8)22-15(23-17(10)26)12-7-13(18)24-25(12)16-11(20)3-2-4-21-16/h2-7,15,22H,1H3,(H,23,26). The molecule has 1 aromatic carbocycles. The average Bonchev–Trinajstić information content (AvgIpc) is 2.97. The van der Waals surface area contributed by atoms with Gasteiger partial charge in [-0.25, -0.2) is 9.67 Å². The van der Waals surface area contributed by atoms with E-state index >= 15 is 0 Å². The molecule has 1 atom stereocenters. The van der Waals surface area contributed by atoms with E-state index in [0.717, 1.165) is 11.3 Å². The highest BCUT2D eigenvalue weighted by molar-refractivity contribution is 9.10. The van der Waals surface area contributed by atoms with Crippen molar-refractivity contribution in [1.29, 1.82) is 0 Å². The number of rotatable bonds is 2. The molecule has 9 heteroatoms. The minimum absolute atomic E-state index is 0.217. The number of carbonyl (C=O) groups is 1. The summed E-state index contributed by atoms with van der Waals surface area (Å²) >= 11 is 15.7. The number of amides is 1. The molecule has 1 amide bonds. The lowest BCUT2D eigenvalue weighted by Crippen LogP contribution is -2.40. The van der Waals surface area contributed by atoms with Gasteiger partial charge in [0.15, 0.2) is 5.82 Å². The van der Waals surface area contributed by atoms with Crippen molar-refractivity contribution in [3.05, 3.63) is 68.0 Å². The van der Waals surface area contributed by atoms with Crippen LogP contribution in [0, 0.1) is 6.92 Å². The van der Waals surface area contributed by atoms with Crippen LogP contribution >= 0.6 is 39.1 Å². The molecule has 1 unspecified atom stereocenters. The highest BCUT2D eigenvalue weighted by atomic mass is 79.9. The summed E-state index contributed by atoms with van der Waals surface area (Å²) in [6.45, 7) is 1.90. The van der Waals surface area contributed by atoms with Crippen LogP contribution in [0.4, 0.5) is 5.69 Å². The number of aromatic nitrogens is 3. The summed E-state index contributed by atoms with van der Waals surface area (Å²) in [6, 6.07) is 8.74. The first-order valence-corrected chi connectivity index (χ1v) is 9.23. The molecule has 3 aromatic rings. The lowest BCUT2D eigenvalue weighted by Gasteiger charge is -2.29. The zero-order valence-electron chi connectivity index (χ0n) is 13.4. The van der Waals surface area contributed by atoms with Crippen LogP contribution in [0.5, 0.6) is 0 Å². The lowest BCUT2D eigenvalue weighted by atomic mass is 10.0. The molecule has 2 N–H and O–H groups in total. The van der Waals surface area contributed by atoms with Gasteiger partial charge in [0.2, 0.25) is 0 Å². The second-order valence-electron chi connectivity index (χ2n) is 5.81. The van der Waals surface area contributed by atoms with E-state index in [-0.39, 0.29) is 5.91 Å². The molecule has 3 heterocycles. The summed E-state index contributed by atoms with van der Waals surface area (Å²) < 4.78 is 2.20. The minimum atomic E-state index is -0.508. The molecule has 0 spiro atoms. The van der Waals surface area contributed by atoms with Crippen LogP contribution in [-0.2, 0) is 0 Å². The van der Waals surface area contributed by atoms with E-state index in [9.17, 15) is 4.79 Å². The third-order valence-electron chi connectivity index (χ3n) is 4.05. The van der Waals surface area contributed by atoms with Crippen molar-refractivity contribution in [3.8, 4) is 5.82 Å². The van der Waals surface area contributed by atoms with Gasteiger partial charge in [-0.2, -0.15) is 5.10 Å². The molecule has 26 heavy (non-hydrogen) atoms. The Morgan fingerprint density at radius 3 is 2.81 bits per heavy atom. The Kier molecular flexibility index (Phi) is 4.38. The van der Waals surface area contributed by atoms with Crippen LogP contribution in [0.2, 0.25) is 10.0 Å². The highest BCUT2D eigenvalue weighted by Gasteiger charge is 2.29. The topological polar surface area (TPSA) is 71.8 Å². The first kappa shape index (κ1) is 17.3. The number of aryl methyl sites for hydroxylation is 1. The van der Waals surface area contributed by atoms with Gasteiger partial charge in [0.05, 0.1) is 22.0 Å². The Hall–Kier alpha value is -2.09. The van der Waals surface area contributed by atoms with E-state index < -0.39 is 6.17 Å². The molecule has 2 aromatic heterocycles. The first-order chi connectivity index (χ1) is 12.4. The number of fused-ring (bicyclic) bond motifs is 1. The van der Waals surface area contributed by atoms with E-state index in [1.165, 1.54) is 0 Å². The van der Waals surface area contributed by atoms with Gasteiger partial charge in [0.1, 0.15) is 10.8 Å². The number of hydrogen-bond acceptors (Lipinski definition) is 4. The molecular weight excluding hydrogens is 441 g/mol. The summed E-state index contributed by atoms with van der Waals surface area (Å²) in [5.74, 6) is 0.259. The molecule has 0 saturated heterocycles. The summed E-state index contributed by atoms with van der Waals surface area (Å²) in [5, 5.41) is 11.6. The maximum Gasteiger partial charge on any atom is 0.255 e. The van der Waals surface area contributed by atoms with Crippen molar-refractivity contribution in [1.82, 2.24) is 20.1 Å². The molecule has 0 fully saturated rings. The van der Waals surface area contributed by atoms with E-state index in [2.05, 4.69) is 36.6 Å². The number of halogens is 3. The molecule has 0 saturated carbocycles. The molecule has 4 rings (SSSR count). The predicted octanol–water partition coefficient (Wildman–Crippen LogP) is 4.50. The van der Waals surface area contributed by atoms with Crippen LogP contribution in [0.15, 0.2) is 41.1 Å². The Labute approximate surface area is 167 Å². The van der Waals surface area contributed by atoms with Gasteiger partial charge in [0, 0.05) is 11.2 Å². The molecule has 6 nitrogen and oxygen atoms in total. The van der Waals surface area contributed by atoms with Crippen LogP contribution in [0.25, 0.3) is 5.82 Å². The monoisotopic (exact) mass is 451 g/mol. The zero-order chi connectivity index (χ0) is 18.4. The normalized spacial score (nSPS) is 16.0. The van der Waals surface area contributed by atoms with Crippen LogP contribution < -0.4 is 10.6 Å².